The van der Waals surface area contributed by atoms with Gasteiger partial charge in [-0.1, -0.05) is 12.1 Å². The van der Waals surface area contributed by atoms with Crippen LogP contribution in [0.15, 0.2) is 36.4 Å². The minimum absolute atomic E-state index is 0.0761. The fourth-order valence-electron chi connectivity index (χ4n) is 3.07. The van der Waals surface area contributed by atoms with Crippen molar-refractivity contribution >= 4 is 17.3 Å². The number of aryl methyl sites for hydroxylation is 1. The molecule has 0 spiro atoms. The van der Waals surface area contributed by atoms with Crippen molar-refractivity contribution in [2.45, 2.75) is 33.2 Å². The standard InChI is InChI=1S/C18H20N2O/c1-11-5-4-6-16(13(11)3)18(21)20-12(2)9-14-10-15(19)7-8-17(14)20/h4-8,10,12H,9,19H2,1-3H3. The Labute approximate surface area is 125 Å². The molecule has 2 N–H and O–H groups in total. The minimum atomic E-state index is 0.0761. The first-order valence-electron chi connectivity index (χ1n) is 7.27. The first-order valence-corrected chi connectivity index (χ1v) is 7.27. The molecule has 3 nitrogen and oxygen atoms in total. The Kier molecular flexibility index (Phi) is 3.20. The van der Waals surface area contributed by atoms with Gasteiger partial charge >= 0.3 is 0 Å². The van der Waals surface area contributed by atoms with Crippen molar-refractivity contribution in [2.75, 3.05) is 10.6 Å². The molecule has 3 heteroatoms. The molecule has 1 heterocycles. The quantitative estimate of drug-likeness (QED) is 0.813. The SMILES string of the molecule is Cc1cccc(C(=O)N2c3ccc(N)cc3CC2C)c1C. The summed E-state index contributed by atoms with van der Waals surface area (Å²) in [5.41, 5.74) is 11.7. The summed E-state index contributed by atoms with van der Waals surface area (Å²) in [6.45, 7) is 6.13. The first kappa shape index (κ1) is 13.7. The molecule has 0 aliphatic carbocycles. The van der Waals surface area contributed by atoms with Crippen LogP contribution < -0.4 is 10.6 Å². The van der Waals surface area contributed by atoms with Crippen LogP contribution in [-0.2, 0) is 6.42 Å². The lowest BCUT2D eigenvalue weighted by atomic mass is 10.0. The van der Waals surface area contributed by atoms with E-state index in [1.54, 1.807) is 0 Å². The summed E-state index contributed by atoms with van der Waals surface area (Å²) in [5, 5.41) is 0. The van der Waals surface area contributed by atoms with E-state index in [1.807, 2.05) is 55.1 Å². The molecule has 0 fully saturated rings. The second-order valence-corrected chi connectivity index (χ2v) is 5.86. The van der Waals surface area contributed by atoms with E-state index in [0.29, 0.717) is 0 Å². The molecule has 2 aromatic carbocycles. The van der Waals surface area contributed by atoms with Gasteiger partial charge < -0.3 is 10.6 Å². The van der Waals surface area contributed by atoms with Crippen LogP contribution in [0.5, 0.6) is 0 Å². The van der Waals surface area contributed by atoms with Gasteiger partial charge in [0.15, 0.2) is 0 Å². The van der Waals surface area contributed by atoms with E-state index in [9.17, 15) is 4.79 Å². The largest absolute Gasteiger partial charge is 0.399 e. The van der Waals surface area contributed by atoms with Crippen LogP contribution in [-0.4, -0.2) is 11.9 Å². The lowest BCUT2D eigenvalue weighted by Gasteiger charge is -2.24. The first-order chi connectivity index (χ1) is 9.99. The van der Waals surface area contributed by atoms with E-state index in [-0.39, 0.29) is 11.9 Å². The predicted molar refractivity (Wildman–Crippen MR) is 86.7 cm³/mol. The Bertz CT molecular complexity index is 721. The highest BCUT2D eigenvalue weighted by atomic mass is 16.2. The smallest absolute Gasteiger partial charge is 0.258 e. The Morgan fingerprint density at radius 2 is 2.00 bits per heavy atom. The fourth-order valence-corrected chi connectivity index (χ4v) is 3.07. The van der Waals surface area contributed by atoms with Crippen molar-refractivity contribution in [3.05, 3.63) is 58.7 Å². The van der Waals surface area contributed by atoms with Crippen LogP contribution in [0.3, 0.4) is 0 Å². The third kappa shape index (κ3) is 2.19. The molecule has 1 amide bonds. The zero-order valence-corrected chi connectivity index (χ0v) is 12.7. The van der Waals surface area contributed by atoms with Gasteiger partial charge in [-0.15, -0.1) is 0 Å². The number of carbonyl (C=O) groups excluding carboxylic acids is 1. The highest BCUT2D eigenvalue weighted by Crippen LogP contribution is 2.35. The van der Waals surface area contributed by atoms with Crippen molar-refractivity contribution in [3.63, 3.8) is 0 Å². The molecule has 21 heavy (non-hydrogen) atoms. The summed E-state index contributed by atoms with van der Waals surface area (Å²) in [6, 6.07) is 11.8. The van der Waals surface area contributed by atoms with Crippen molar-refractivity contribution in [2.24, 2.45) is 0 Å². The highest BCUT2D eigenvalue weighted by Gasteiger charge is 2.32. The van der Waals surface area contributed by atoms with Gasteiger partial charge in [0.05, 0.1) is 0 Å². The second-order valence-electron chi connectivity index (χ2n) is 5.86. The number of hydrogen-bond acceptors (Lipinski definition) is 2. The molecule has 0 bridgehead atoms. The number of carbonyl (C=O) groups is 1. The number of benzene rings is 2. The van der Waals surface area contributed by atoms with Crippen molar-refractivity contribution < 1.29 is 4.79 Å². The Balaban J connectivity index is 2.05. The molecule has 0 saturated heterocycles. The maximum Gasteiger partial charge on any atom is 0.258 e. The van der Waals surface area contributed by atoms with E-state index in [0.717, 1.165) is 40.0 Å². The summed E-state index contributed by atoms with van der Waals surface area (Å²) < 4.78 is 0. The molecule has 1 aliphatic heterocycles. The lowest BCUT2D eigenvalue weighted by Crippen LogP contribution is -2.36. The number of nitrogen functional groups attached to an aromatic ring is 1. The number of nitrogens with zero attached hydrogens (tertiary/aromatic N) is 1. The molecule has 0 aromatic heterocycles. The molecule has 3 rings (SSSR count). The minimum Gasteiger partial charge on any atom is -0.399 e. The maximum absolute atomic E-state index is 13.0. The van der Waals surface area contributed by atoms with Gasteiger partial charge in [0.2, 0.25) is 0 Å². The number of nitrogens with two attached hydrogens (primary N) is 1. The third-order valence-electron chi connectivity index (χ3n) is 4.37. The summed E-state index contributed by atoms with van der Waals surface area (Å²) >= 11 is 0. The molecule has 2 aromatic rings. The molecule has 108 valence electrons. The monoisotopic (exact) mass is 280 g/mol. The van der Waals surface area contributed by atoms with Crippen molar-refractivity contribution in [1.29, 1.82) is 0 Å². The Morgan fingerprint density at radius 1 is 1.24 bits per heavy atom. The van der Waals surface area contributed by atoms with Gasteiger partial charge in [-0.2, -0.15) is 0 Å². The van der Waals surface area contributed by atoms with Crippen LogP contribution in [0.1, 0.15) is 34.0 Å². The van der Waals surface area contributed by atoms with Crippen LogP contribution >= 0.6 is 0 Å². The average molecular weight is 280 g/mol. The lowest BCUT2D eigenvalue weighted by molar-refractivity contribution is 0.0981. The molecule has 0 radical (unpaired) electrons. The number of rotatable bonds is 1. The van der Waals surface area contributed by atoms with Crippen molar-refractivity contribution in [3.8, 4) is 0 Å². The number of hydrogen-bond donors (Lipinski definition) is 1. The zero-order chi connectivity index (χ0) is 15.1. The predicted octanol–water partition coefficient (Wildman–Crippen LogP) is 3.48. The molecule has 0 saturated carbocycles. The molecule has 1 atom stereocenters. The Morgan fingerprint density at radius 3 is 2.76 bits per heavy atom. The van der Waals surface area contributed by atoms with Gasteiger partial charge in [0.25, 0.3) is 5.91 Å². The van der Waals surface area contributed by atoms with Gasteiger partial charge in [-0.25, -0.2) is 0 Å². The second kappa shape index (κ2) is 4.92. The van der Waals surface area contributed by atoms with E-state index >= 15 is 0 Å². The van der Waals surface area contributed by atoms with E-state index < -0.39 is 0 Å². The summed E-state index contributed by atoms with van der Waals surface area (Å²) in [7, 11) is 0. The fraction of sp³-hybridized carbons (Fsp3) is 0.278. The molecular weight excluding hydrogens is 260 g/mol. The summed E-state index contributed by atoms with van der Waals surface area (Å²) in [4.78, 5) is 14.9. The highest BCUT2D eigenvalue weighted by molar-refractivity contribution is 6.08. The maximum atomic E-state index is 13.0. The summed E-state index contributed by atoms with van der Waals surface area (Å²) in [6.07, 6.45) is 0.858. The Hall–Kier alpha value is -2.29. The van der Waals surface area contributed by atoms with Crippen LogP contribution in [0.2, 0.25) is 0 Å². The van der Waals surface area contributed by atoms with Crippen LogP contribution in [0.25, 0.3) is 0 Å². The van der Waals surface area contributed by atoms with Gasteiger partial charge in [0.1, 0.15) is 0 Å². The van der Waals surface area contributed by atoms with Gasteiger partial charge in [-0.3, -0.25) is 4.79 Å². The van der Waals surface area contributed by atoms with E-state index in [2.05, 4.69) is 6.92 Å². The topological polar surface area (TPSA) is 46.3 Å². The van der Waals surface area contributed by atoms with E-state index in [1.165, 1.54) is 0 Å². The summed E-state index contributed by atoms with van der Waals surface area (Å²) in [5.74, 6) is 0.0761. The molecule has 1 unspecified atom stereocenters. The third-order valence-corrected chi connectivity index (χ3v) is 4.37. The zero-order valence-electron chi connectivity index (χ0n) is 12.7. The average Bonchev–Trinajstić information content (AvgIpc) is 2.76. The number of amides is 1. The van der Waals surface area contributed by atoms with E-state index in [4.69, 9.17) is 5.73 Å². The normalized spacial score (nSPS) is 16.9. The van der Waals surface area contributed by atoms with Crippen LogP contribution in [0.4, 0.5) is 11.4 Å². The number of anilines is 2. The van der Waals surface area contributed by atoms with Gasteiger partial charge in [-0.05, 0) is 68.1 Å². The van der Waals surface area contributed by atoms with Crippen molar-refractivity contribution in [1.82, 2.24) is 0 Å². The molecular formula is C18H20N2O. The van der Waals surface area contributed by atoms with Gasteiger partial charge in [0, 0.05) is 23.0 Å². The molecule has 1 aliphatic rings. The van der Waals surface area contributed by atoms with Crippen LogP contribution in [0, 0.1) is 13.8 Å². The number of fused-ring (bicyclic) bond motifs is 1.